The van der Waals surface area contributed by atoms with Crippen LogP contribution in [-0.2, 0) is 25.5 Å². The Bertz CT molecular complexity index is 720. The van der Waals surface area contributed by atoms with Gasteiger partial charge in [0, 0.05) is 12.6 Å². The third kappa shape index (κ3) is 5.31. The Labute approximate surface area is 148 Å². The van der Waals surface area contributed by atoms with Gasteiger partial charge in [-0.15, -0.1) is 0 Å². The van der Waals surface area contributed by atoms with Crippen molar-refractivity contribution in [2.45, 2.75) is 36.9 Å². The van der Waals surface area contributed by atoms with E-state index < -0.39 is 23.5 Å². The summed E-state index contributed by atoms with van der Waals surface area (Å²) < 4.78 is 4.54. The smallest absolute Gasteiger partial charge is 0.311 e. The monoisotopic (exact) mass is 368 g/mol. The first-order chi connectivity index (χ1) is 11.9. The maximum atomic E-state index is 12.4. The van der Waals surface area contributed by atoms with Crippen molar-refractivity contribution in [3.8, 4) is 0 Å². The van der Waals surface area contributed by atoms with Gasteiger partial charge < -0.3 is 20.4 Å². The minimum Gasteiger partial charge on any atom is -0.469 e. The number of thioether (sulfide) groups is 1. The molecule has 2 heterocycles. The van der Waals surface area contributed by atoms with Crippen LogP contribution in [-0.4, -0.2) is 58.1 Å². The zero-order chi connectivity index (χ0) is 18.4. The fraction of sp³-hybridized carbons (Fsp3) is 0.533. The van der Waals surface area contributed by atoms with E-state index in [0.29, 0.717) is 13.0 Å². The number of rotatable bonds is 6. The van der Waals surface area contributed by atoms with Crippen molar-refractivity contribution in [1.29, 1.82) is 0 Å². The molecule has 0 saturated carbocycles. The third-order valence-corrected chi connectivity index (χ3v) is 4.67. The van der Waals surface area contributed by atoms with Gasteiger partial charge >= 0.3 is 5.97 Å². The van der Waals surface area contributed by atoms with E-state index in [4.69, 9.17) is 5.73 Å². The van der Waals surface area contributed by atoms with E-state index in [9.17, 15) is 19.2 Å². The van der Waals surface area contributed by atoms with Crippen molar-refractivity contribution < 1.29 is 19.1 Å². The molecule has 3 N–H and O–H groups in total. The lowest BCUT2D eigenvalue weighted by atomic mass is 10.0. The number of esters is 1. The van der Waals surface area contributed by atoms with Crippen LogP contribution >= 0.6 is 11.8 Å². The van der Waals surface area contributed by atoms with Crippen LogP contribution in [0.4, 0.5) is 0 Å². The summed E-state index contributed by atoms with van der Waals surface area (Å²) in [5, 5.41) is 0.229. The molecule has 1 atom stereocenters. The van der Waals surface area contributed by atoms with Crippen LogP contribution in [0.3, 0.4) is 0 Å². The molecule has 0 unspecified atom stereocenters. The fourth-order valence-electron chi connectivity index (χ4n) is 2.60. The lowest BCUT2D eigenvalue weighted by Crippen LogP contribution is -2.51. The molecule has 0 radical (unpaired) electrons. The average molecular weight is 368 g/mol. The SMILES string of the molecule is COC(=O)Cc1cc(=O)[nH]c(SCC(=O)N2CCCC[C@@H]2C(N)=O)n1. The van der Waals surface area contributed by atoms with Crippen LogP contribution in [0.5, 0.6) is 0 Å². The summed E-state index contributed by atoms with van der Waals surface area (Å²) in [5.74, 6) is -1.25. The molecule has 0 bridgehead atoms. The van der Waals surface area contributed by atoms with Crippen LogP contribution in [0.1, 0.15) is 25.0 Å². The Morgan fingerprint density at radius 2 is 2.20 bits per heavy atom. The molecule has 1 aromatic heterocycles. The standard InChI is InChI=1S/C15H20N4O5S/c1-24-13(22)7-9-6-11(20)18-15(17-9)25-8-12(21)19-5-3-2-4-10(19)14(16)23/h6,10H,2-5,7-8H2,1H3,(H2,16,23)(H,17,18,20)/t10-/m1/s1. The zero-order valence-electron chi connectivity index (χ0n) is 13.8. The summed E-state index contributed by atoms with van der Waals surface area (Å²) in [4.78, 5) is 54.9. The van der Waals surface area contributed by atoms with E-state index in [1.807, 2.05) is 0 Å². The number of aromatic nitrogens is 2. The summed E-state index contributed by atoms with van der Waals surface area (Å²) in [6, 6.07) is 0.621. The number of nitrogens with one attached hydrogen (secondary N) is 1. The van der Waals surface area contributed by atoms with Crippen molar-refractivity contribution in [2.75, 3.05) is 19.4 Å². The topological polar surface area (TPSA) is 135 Å². The zero-order valence-corrected chi connectivity index (χ0v) is 14.6. The maximum absolute atomic E-state index is 12.4. The van der Waals surface area contributed by atoms with Gasteiger partial charge in [-0.05, 0) is 19.3 Å². The number of primary amides is 1. The largest absolute Gasteiger partial charge is 0.469 e. The van der Waals surface area contributed by atoms with E-state index in [0.717, 1.165) is 24.6 Å². The normalized spacial score (nSPS) is 17.2. The van der Waals surface area contributed by atoms with Crippen molar-refractivity contribution in [1.82, 2.24) is 14.9 Å². The molecule has 1 aromatic rings. The Balaban J connectivity index is 2.02. The second-order valence-electron chi connectivity index (χ2n) is 5.58. The minimum absolute atomic E-state index is 0.00833. The molecule has 10 heteroatoms. The van der Waals surface area contributed by atoms with Gasteiger partial charge in [0.15, 0.2) is 5.16 Å². The van der Waals surface area contributed by atoms with Gasteiger partial charge in [0.05, 0.1) is 25.0 Å². The minimum atomic E-state index is -0.584. The predicted molar refractivity (Wildman–Crippen MR) is 89.8 cm³/mol. The fourth-order valence-corrected chi connectivity index (χ4v) is 3.38. The number of amides is 2. The summed E-state index contributed by atoms with van der Waals surface area (Å²) in [6.07, 6.45) is 2.12. The number of aromatic amines is 1. The van der Waals surface area contributed by atoms with Gasteiger partial charge in [0.25, 0.3) is 5.56 Å². The summed E-state index contributed by atoms with van der Waals surface area (Å²) in [5.41, 5.74) is 5.20. The molecule has 2 amide bonds. The first-order valence-electron chi connectivity index (χ1n) is 7.79. The van der Waals surface area contributed by atoms with Crippen LogP contribution in [0, 0.1) is 0 Å². The number of hydrogen-bond donors (Lipinski definition) is 2. The van der Waals surface area contributed by atoms with E-state index in [1.54, 1.807) is 0 Å². The first-order valence-corrected chi connectivity index (χ1v) is 8.78. The van der Waals surface area contributed by atoms with Crippen LogP contribution in [0.15, 0.2) is 16.0 Å². The van der Waals surface area contributed by atoms with E-state index in [1.165, 1.54) is 18.1 Å². The lowest BCUT2D eigenvalue weighted by Gasteiger charge is -2.33. The number of likely N-dealkylation sites (tertiary alicyclic amines) is 1. The first kappa shape index (κ1) is 19.0. The van der Waals surface area contributed by atoms with E-state index >= 15 is 0 Å². The van der Waals surface area contributed by atoms with E-state index in [2.05, 4.69) is 14.7 Å². The highest BCUT2D eigenvalue weighted by Gasteiger charge is 2.30. The van der Waals surface area contributed by atoms with Crippen LogP contribution < -0.4 is 11.3 Å². The number of methoxy groups -OCH3 is 1. The maximum Gasteiger partial charge on any atom is 0.311 e. The molecule has 1 aliphatic heterocycles. The summed E-state index contributed by atoms with van der Waals surface area (Å²) >= 11 is 1.04. The molecule has 2 rings (SSSR count). The molecular weight excluding hydrogens is 348 g/mol. The van der Waals surface area contributed by atoms with Gasteiger partial charge in [-0.1, -0.05) is 11.8 Å². The number of hydrogen-bond acceptors (Lipinski definition) is 7. The van der Waals surface area contributed by atoms with Gasteiger partial charge in [0.2, 0.25) is 11.8 Å². The van der Waals surface area contributed by atoms with Gasteiger partial charge in [-0.3, -0.25) is 19.2 Å². The van der Waals surface area contributed by atoms with Gasteiger partial charge in [0.1, 0.15) is 6.04 Å². The molecule has 0 aliphatic carbocycles. The molecule has 136 valence electrons. The van der Waals surface area contributed by atoms with Crippen LogP contribution in [0.2, 0.25) is 0 Å². The Hall–Kier alpha value is -2.36. The van der Waals surface area contributed by atoms with Crippen molar-refractivity contribution >= 4 is 29.5 Å². The second kappa shape index (κ2) is 8.65. The Morgan fingerprint density at radius 1 is 1.44 bits per heavy atom. The molecule has 0 aromatic carbocycles. The highest BCUT2D eigenvalue weighted by molar-refractivity contribution is 7.99. The van der Waals surface area contributed by atoms with Gasteiger partial charge in [-0.25, -0.2) is 4.98 Å². The number of nitrogens with zero attached hydrogens (tertiary/aromatic N) is 2. The number of carbonyl (C=O) groups is 3. The summed E-state index contributed by atoms with van der Waals surface area (Å²) in [6.45, 7) is 0.485. The lowest BCUT2D eigenvalue weighted by molar-refractivity contribution is -0.139. The Morgan fingerprint density at radius 3 is 2.88 bits per heavy atom. The average Bonchev–Trinajstić information content (AvgIpc) is 2.59. The molecule has 25 heavy (non-hydrogen) atoms. The predicted octanol–water partition coefficient (Wildman–Crippen LogP) is -0.556. The number of carbonyl (C=O) groups excluding carboxylic acids is 3. The van der Waals surface area contributed by atoms with Crippen molar-refractivity contribution in [3.05, 3.63) is 22.1 Å². The Kier molecular flexibility index (Phi) is 6.57. The molecule has 1 fully saturated rings. The summed E-state index contributed by atoms with van der Waals surface area (Å²) in [7, 11) is 1.25. The highest BCUT2D eigenvalue weighted by Crippen LogP contribution is 2.20. The van der Waals surface area contributed by atoms with Gasteiger partial charge in [-0.2, -0.15) is 0 Å². The van der Waals surface area contributed by atoms with E-state index in [-0.39, 0.29) is 28.9 Å². The van der Waals surface area contributed by atoms with Crippen LogP contribution in [0.25, 0.3) is 0 Å². The highest BCUT2D eigenvalue weighted by atomic mass is 32.2. The number of ether oxygens (including phenoxy) is 1. The molecular formula is C15H20N4O5S. The quantitative estimate of drug-likeness (QED) is 0.390. The van der Waals surface area contributed by atoms with Crippen molar-refractivity contribution in [3.63, 3.8) is 0 Å². The third-order valence-electron chi connectivity index (χ3n) is 3.81. The molecule has 9 nitrogen and oxygen atoms in total. The second-order valence-corrected chi connectivity index (χ2v) is 6.55. The number of nitrogens with two attached hydrogens (primary N) is 1. The molecule has 1 saturated heterocycles. The number of H-pyrrole nitrogens is 1. The molecule has 1 aliphatic rings. The molecule has 0 spiro atoms. The van der Waals surface area contributed by atoms with Crippen molar-refractivity contribution in [2.24, 2.45) is 5.73 Å². The number of piperidine rings is 1.